The summed E-state index contributed by atoms with van der Waals surface area (Å²) in [6, 6.07) is 7.13. The highest BCUT2D eigenvalue weighted by Gasteiger charge is 2.39. The number of benzene rings is 1. The third-order valence-corrected chi connectivity index (χ3v) is 3.84. The Morgan fingerprint density at radius 3 is 2.73 bits per heavy atom. The molecule has 0 bridgehead atoms. The van der Waals surface area contributed by atoms with E-state index in [0.29, 0.717) is 17.9 Å². The normalized spacial score (nSPS) is 17.8. The first kappa shape index (κ1) is 16.4. The molecule has 1 unspecified atom stereocenters. The van der Waals surface area contributed by atoms with Crippen molar-refractivity contribution in [2.45, 2.75) is 46.3 Å². The molecule has 0 N–H and O–H groups in total. The molecule has 1 amide bonds. The van der Waals surface area contributed by atoms with Crippen LogP contribution in [0.5, 0.6) is 0 Å². The van der Waals surface area contributed by atoms with Gasteiger partial charge in [0.2, 0.25) is 17.9 Å². The number of Topliss-reactive ketones (excluding diaryl/α,β-unsaturated/α-hetero) is 1. The van der Waals surface area contributed by atoms with Gasteiger partial charge >= 0.3 is 0 Å². The summed E-state index contributed by atoms with van der Waals surface area (Å²) in [7, 11) is 0. The van der Waals surface area contributed by atoms with Gasteiger partial charge < -0.3 is 4.74 Å². The second kappa shape index (κ2) is 7.36. The molecule has 0 radical (unpaired) electrons. The summed E-state index contributed by atoms with van der Waals surface area (Å²) >= 11 is 0. The van der Waals surface area contributed by atoms with Crippen molar-refractivity contribution in [2.75, 3.05) is 11.5 Å². The molecule has 1 heterocycles. The van der Waals surface area contributed by atoms with E-state index < -0.39 is 6.23 Å². The number of unbranched alkanes of at least 4 members (excludes halogenated alkanes) is 1. The topological polar surface area (TPSA) is 46.6 Å². The van der Waals surface area contributed by atoms with E-state index in [2.05, 4.69) is 13.8 Å². The summed E-state index contributed by atoms with van der Waals surface area (Å²) in [4.78, 5) is 25.7. The number of para-hydroxylation sites is 1. The van der Waals surface area contributed by atoms with Crippen LogP contribution < -0.4 is 4.90 Å². The maximum Gasteiger partial charge on any atom is 0.226 e. The van der Waals surface area contributed by atoms with Gasteiger partial charge in [0.25, 0.3) is 0 Å². The van der Waals surface area contributed by atoms with Crippen LogP contribution in [0.2, 0.25) is 0 Å². The third kappa shape index (κ3) is 3.45. The van der Waals surface area contributed by atoms with Crippen LogP contribution in [0.4, 0.5) is 5.69 Å². The molecular formula is C18H23NO3. The highest BCUT2D eigenvalue weighted by molar-refractivity contribution is 6.16. The van der Waals surface area contributed by atoms with Crippen LogP contribution in [0, 0.1) is 0 Å². The van der Waals surface area contributed by atoms with Gasteiger partial charge in [0.1, 0.15) is 0 Å². The van der Waals surface area contributed by atoms with Crippen LogP contribution in [0.15, 0.2) is 35.9 Å². The quantitative estimate of drug-likeness (QED) is 0.752. The van der Waals surface area contributed by atoms with E-state index in [1.807, 2.05) is 12.1 Å². The van der Waals surface area contributed by atoms with Crippen molar-refractivity contribution in [1.29, 1.82) is 0 Å². The molecule has 1 aliphatic rings. The van der Waals surface area contributed by atoms with Crippen molar-refractivity contribution in [3.8, 4) is 0 Å². The summed E-state index contributed by atoms with van der Waals surface area (Å²) in [5.41, 5.74) is 2.44. The minimum atomic E-state index is -0.842. The van der Waals surface area contributed by atoms with Gasteiger partial charge in [-0.1, -0.05) is 37.1 Å². The van der Waals surface area contributed by atoms with E-state index in [4.69, 9.17) is 4.74 Å². The Morgan fingerprint density at radius 1 is 1.32 bits per heavy atom. The minimum absolute atomic E-state index is 0.148. The third-order valence-electron chi connectivity index (χ3n) is 3.84. The maximum absolute atomic E-state index is 12.4. The van der Waals surface area contributed by atoms with E-state index in [9.17, 15) is 9.59 Å². The van der Waals surface area contributed by atoms with E-state index >= 15 is 0 Å². The first-order valence-corrected chi connectivity index (χ1v) is 7.76. The highest BCUT2D eigenvalue weighted by atomic mass is 16.5. The zero-order chi connectivity index (χ0) is 16.1. The predicted molar refractivity (Wildman–Crippen MR) is 87.0 cm³/mol. The van der Waals surface area contributed by atoms with Crippen molar-refractivity contribution < 1.29 is 14.3 Å². The lowest BCUT2D eigenvalue weighted by atomic mass is 10.1. The first-order valence-electron chi connectivity index (χ1n) is 7.76. The zero-order valence-electron chi connectivity index (χ0n) is 13.5. The van der Waals surface area contributed by atoms with Crippen LogP contribution in [-0.2, 0) is 9.53 Å². The first-order chi connectivity index (χ1) is 10.6. The Bertz CT molecular complexity index is 592. The van der Waals surface area contributed by atoms with Gasteiger partial charge in [0, 0.05) is 12.5 Å². The fourth-order valence-corrected chi connectivity index (χ4v) is 2.59. The summed E-state index contributed by atoms with van der Waals surface area (Å²) in [6.07, 6.45) is 4.49. The number of hydrogen-bond acceptors (Lipinski definition) is 3. The zero-order valence-corrected chi connectivity index (χ0v) is 13.5. The Hall–Kier alpha value is -1.94. The van der Waals surface area contributed by atoms with Crippen LogP contribution in [0.1, 0.15) is 50.4 Å². The molecule has 0 spiro atoms. The molecule has 1 aliphatic heterocycles. The van der Waals surface area contributed by atoms with E-state index in [-0.39, 0.29) is 11.7 Å². The molecule has 4 heteroatoms. The van der Waals surface area contributed by atoms with Crippen molar-refractivity contribution >= 4 is 17.4 Å². The van der Waals surface area contributed by atoms with Gasteiger partial charge in [-0.25, -0.2) is 0 Å². The Labute approximate surface area is 131 Å². The SMILES string of the molecule is CCCC/C(C)=C/COC1C(=O)c2ccccc2N1C(C)=O. The Morgan fingerprint density at radius 2 is 2.05 bits per heavy atom. The smallest absolute Gasteiger partial charge is 0.226 e. The second-order valence-electron chi connectivity index (χ2n) is 5.61. The van der Waals surface area contributed by atoms with E-state index in [1.54, 1.807) is 18.2 Å². The lowest BCUT2D eigenvalue weighted by Crippen LogP contribution is -2.40. The molecule has 0 aliphatic carbocycles. The summed E-state index contributed by atoms with van der Waals surface area (Å²) < 4.78 is 5.70. The minimum Gasteiger partial charge on any atom is -0.346 e. The number of fused-ring (bicyclic) bond motifs is 1. The van der Waals surface area contributed by atoms with Gasteiger partial charge in [-0.3, -0.25) is 14.5 Å². The Balaban J connectivity index is 2.08. The molecule has 0 saturated heterocycles. The number of ketones is 1. The fraction of sp³-hybridized carbons (Fsp3) is 0.444. The van der Waals surface area contributed by atoms with Crippen molar-refractivity contribution in [3.05, 3.63) is 41.5 Å². The van der Waals surface area contributed by atoms with Crippen molar-refractivity contribution in [1.82, 2.24) is 0 Å². The fourth-order valence-electron chi connectivity index (χ4n) is 2.59. The molecular weight excluding hydrogens is 278 g/mol. The number of nitrogens with zero attached hydrogens (tertiary/aromatic N) is 1. The molecule has 0 saturated carbocycles. The molecule has 2 rings (SSSR count). The van der Waals surface area contributed by atoms with Gasteiger partial charge in [-0.05, 0) is 31.9 Å². The molecule has 22 heavy (non-hydrogen) atoms. The van der Waals surface area contributed by atoms with Crippen LogP contribution in [0.25, 0.3) is 0 Å². The average molecular weight is 301 g/mol. The number of anilines is 1. The summed E-state index contributed by atoms with van der Waals surface area (Å²) in [6.45, 7) is 6.01. The van der Waals surface area contributed by atoms with Crippen LogP contribution in [0.3, 0.4) is 0 Å². The van der Waals surface area contributed by atoms with E-state index in [0.717, 1.165) is 19.3 Å². The van der Waals surface area contributed by atoms with Gasteiger partial charge in [-0.2, -0.15) is 0 Å². The number of hydrogen-bond donors (Lipinski definition) is 0. The highest BCUT2D eigenvalue weighted by Crippen LogP contribution is 2.32. The second-order valence-corrected chi connectivity index (χ2v) is 5.61. The summed E-state index contributed by atoms with van der Waals surface area (Å²) in [5, 5.41) is 0. The van der Waals surface area contributed by atoms with Crippen molar-refractivity contribution in [2.24, 2.45) is 0 Å². The standard InChI is InChI=1S/C18H23NO3/c1-4-5-8-13(2)11-12-22-18-17(21)15-9-6-7-10-16(15)19(18)14(3)20/h6-7,9-11,18H,4-5,8,12H2,1-3H3/b13-11+. The molecule has 1 aromatic rings. The molecule has 0 aromatic heterocycles. The van der Waals surface area contributed by atoms with Crippen molar-refractivity contribution in [3.63, 3.8) is 0 Å². The molecule has 1 aromatic carbocycles. The number of amides is 1. The molecule has 118 valence electrons. The lowest BCUT2D eigenvalue weighted by Gasteiger charge is -2.22. The lowest BCUT2D eigenvalue weighted by molar-refractivity contribution is -0.118. The number of allylic oxidation sites excluding steroid dienone is 1. The summed E-state index contributed by atoms with van der Waals surface area (Å²) in [5.74, 6) is -0.333. The number of carbonyl (C=O) groups is 2. The van der Waals surface area contributed by atoms with Gasteiger partial charge in [-0.15, -0.1) is 0 Å². The van der Waals surface area contributed by atoms with Crippen LogP contribution in [-0.4, -0.2) is 24.5 Å². The number of ether oxygens (including phenoxy) is 1. The molecule has 0 fully saturated rings. The maximum atomic E-state index is 12.4. The molecule has 1 atom stereocenters. The van der Waals surface area contributed by atoms with Gasteiger partial charge in [0.15, 0.2) is 0 Å². The predicted octanol–water partition coefficient (Wildman–Crippen LogP) is 3.72. The number of rotatable bonds is 6. The van der Waals surface area contributed by atoms with E-state index in [1.165, 1.54) is 17.4 Å². The largest absolute Gasteiger partial charge is 0.346 e. The Kier molecular flexibility index (Phi) is 5.50. The average Bonchev–Trinajstić information content (AvgIpc) is 2.78. The molecule has 4 nitrogen and oxygen atoms in total. The van der Waals surface area contributed by atoms with Gasteiger partial charge in [0.05, 0.1) is 12.3 Å². The monoisotopic (exact) mass is 301 g/mol. The number of carbonyl (C=O) groups excluding carboxylic acids is 2. The van der Waals surface area contributed by atoms with Crippen LogP contribution >= 0.6 is 0 Å².